The largest absolute Gasteiger partial charge is 1.00 e. The van der Waals surface area contributed by atoms with Gasteiger partial charge in [0.05, 0.1) is 6.10 Å². The molecule has 1 nitrogen and oxygen atoms in total. The molecule has 0 aromatic rings. The Balaban J connectivity index is 0. The van der Waals surface area contributed by atoms with E-state index in [9.17, 15) is 5.11 Å². The van der Waals surface area contributed by atoms with Gasteiger partial charge in [0.15, 0.2) is 0 Å². The standard InChI is InChI=1S/C10H20O.Cs.H/c1-7(2)9-5-4-8(3)6-10(9)11;;/h7-11H,4-6H2,1-3H3;;/q;+1;-1. The molecule has 68 valence electrons. The molecule has 0 bridgehead atoms. The number of hydrogen-bond donors (Lipinski definition) is 1. The quantitative estimate of drug-likeness (QED) is 0.694. The second kappa shape index (κ2) is 6.49. The molecule has 1 aliphatic rings. The van der Waals surface area contributed by atoms with E-state index < -0.39 is 0 Å². The zero-order valence-corrected chi connectivity index (χ0v) is 15.2. The number of aliphatic hydroxyl groups is 1. The van der Waals surface area contributed by atoms with E-state index in [1.165, 1.54) is 12.8 Å². The van der Waals surface area contributed by atoms with Crippen LogP contribution in [0.5, 0.6) is 0 Å². The maximum Gasteiger partial charge on any atom is 1.00 e. The molecule has 0 aliphatic heterocycles. The van der Waals surface area contributed by atoms with Crippen LogP contribution >= 0.6 is 0 Å². The molecule has 1 N–H and O–H groups in total. The van der Waals surface area contributed by atoms with Crippen molar-refractivity contribution in [2.75, 3.05) is 0 Å². The summed E-state index contributed by atoms with van der Waals surface area (Å²) in [6, 6.07) is 0. The first-order valence-corrected chi connectivity index (χ1v) is 4.79. The number of aliphatic hydroxyl groups excluding tert-OH is 1. The van der Waals surface area contributed by atoms with Crippen LogP contribution in [0.3, 0.4) is 0 Å². The average Bonchev–Trinajstić information content (AvgIpc) is 1.85. The van der Waals surface area contributed by atoms with E-state index in [0.29, 0.717) is 11.8 Å². The summed E-state index contributed by atoms with van der Waals surface area (Å²) in [4.78, 5) is 0. The third-order valence-electron chi connectivity index (χ3n) is 2.99. The summed E-state index contributed by atoms with van der Waals surface area (Å²) in [6.07, 6.45) is 3.52. The van der Waals surface area contributed by atoms with E-state index in [4.69, 9.17) is 0 Å². The predicted octanol–water partition coefficient (Wildman–Crippen LogP) is -0.444. The van der Waals surface area contributed by atoms with E-state index in [2.05, 4.69) is 20.8 Å². The van der Waals surface area contributed by atoms with Crippen LogP contribution in [0.25, 0.3) is 0 Å². The molecule has 12 heavy (non-hydrogen) atoms. The Hall–Kier alpha value is 2.01. The van der Waals surface area contributed by atoms with Crippen LogP contribution in [0, 0.1) is 17.8 Å². The van der Waals surface area contributed by atoms with Gasteiger partial charge < -0.3 is 6.53 Å². The van der Waals surface area contributed by atoms with Crippen LogP contribution in [0.2, 0.25) is 0 Å². The molecule has 0 heterocycles. The van der Waals surface area contributed by atoms with Gasteiger partial charge in [-0.2, -0.15) is 0 Å². The van der Waals surface area contributed by atoms with Gasteiger partial charge in [-0.1, -0.05) is 27.2 Å². The van der Waals surface area contributed by atoms with Crippen LogP contribution in [0.15, 0.2) is 0 Å². The second-order valence-corrected chi connectivity index (χ2v) is 4.39. The van der Waals surface area contributed by atoms with Gasteiger partial charge in [0.25, 0.3) is 0 Å². The van der Waals surface area contributed by atoms with Gasteiger partial charge >= 0.3 is 68.9 Å². The summed E-state index contributed by atoms with van der Waals surface area (Å²) in [5.74, 6) is 1.95. The van der Waals surface area contributed by atoms with Gasteiger partial charge in [0, 0.05) is 0 Å². The summed E-state index contributed by atoms with van der Waals surface area (Å²) in [7, 11) is 0. The van der Waals surface area contributed by atoms with Crippen molar-refractivity contribution in [2.24, 2.45) is 17.8 Å². The maximum atomic E-state index is 9.71. The molecular formula is C10H21CsO. The normalized spacial score (nSPS) is 36.2. The van der Waals surface area contributed by atoms with Crippen molar-refractivity contribution >= 4 is 0 Å². The first kappa shape index (κ1) is 14.0. The van der Waals surface area contributed by atoms with Crippen LogP contribution in [-0.4, -0.2) is 11.2 Å². The monoisotopic (exact) mass is 290 g/mol. The molecule has 0 saturated heterocycles. The minimum absolute atomic E-state index is 0. The van der Waals surface area contributed by atoms with E-state index in [0.717, 1.165) is 12.3 Å². The Morgan fingerprint density at radius 2 is 1.92 bits per heavy atom. The van der Waals surface area contributed by atoms with Crippen molar-refractivity contribution in [1.29, 1.82) is 0 Å². The summed E-state index contributed by atoms with van der Waals surface area (Å²) in [5.41, 5.74) is 0. The topological polar surface area (TPSA) is 20.2 Å². The van der Waals surface area contributed by atoms with Crippen molar-refractivity contribution in [3.05, 3.63) is 0 Å². The summed E-state index contributed by atoms with van der Waals surface area (Å²) in [5, 5.41) is 9.71. The Kier molecular flexibility index (Phi) is 7.57. The number of rotatable bonds is 1. The van der Waals surface area contributed by atoms with Crippen molar-refractivity contribution in [3.8, 4) is 0 Å². The molecule has 1 aliphatic carbocycles. The fourth-order valence-corrected chi connectivity index (χ4v) is 2.15. The first-order valence-electron chi connectivity index (χ1n) is 4.79. The van der Waals surface area contributed by atoms with Gasteiger partial charge in [-0.3, -0.25) is 0 Å². The second-order valence-electron chi connectivity index (χ2n) is 4.39. The Bertz CT molecular complexity index is 130. The molecule has 0 aromatic carbocycles. The Morgan fingerprint density at radius 3 is 2.33 bits per heavy atom. The molecule has 1 fully saturated rings. The SMILES string of the molecule is CC1CCC(C(C)C)C(O)C1.[Cs+].[H-]. The third-order valence-corrected chi connectivity index (χ3v) is 2.99. The van der Waals surface area contributed by atoms with Crippen LogP contribution in [0.1, 0.15) is 41.5 Å². The van der Waals surface area contributed by atoms with Gasteiger partial charge in [0.1, 0.15) is 0 Å². The van der Waals surface area contributed by atoms with E-state index in [1.54, 1.807) is 0 Å². The molecule has 3 atom stereocenters. The Labute approximate surface area is 137 Å². The van der Waals surface area contributed by atoms with Crippen LogP contribution < -0.4 is 68.9 Å². The van der Waals surface area contributed by atoms with E-state index in [1.807, 2.05) is 0 Å². The zero-order chi connectivity index (χ0) is 8.43. The summed E-state index contributed by atoms with van der Waals surface area (Å²) in [6.45, 7) is 6.66. The minimum Gasteiger partial charge on any atom is -1.00 e. The van der Waals surface area contributed by atoms with Crippen molar-refractivity contribution < 1.29 is 75.4 Å². The summed E-state index contributed by atoms with van der Waals surface area (Å²) >= 11 is 0. The molecule has 1 saturated carbocycles. The Morgan fingerprint density at radius 1 is 1.33 bits per heavy atom. The van der Waals surface area contributed by atoms with Gasteiger partial charge in [-0.05, 0) is 30.6 Å². The maximum absolute atomic E-state index is 9.71. The first-order chi connectivity index (χ1) is 5.11. The van der Waals surface area contributed by atoms with Crippen molar-refractivity contribution in [3.63, 3.8) is 0 Å². The fraction of sp³-hybridized carbons (Fsp3) is 1.00. The molecular weight excluding hydrogens is 269 g/mol. The van der Waals surface area contributed by atoms with Crippen LogP contribution in [0.4, 0.5) is 0 Å². The van der Waals surface area contributed by atoms with E-state index >= 15 is 0 Å². The average molecular weight is 290 g/mol. The van der Waals surface area contributed by atoms with Gasteiger partial charge in [-0.15, -0.1) is 0 Å². The third kappa shape index (κ3) is 4.03. The molecule has 0 radical (unpaired) electrons. The van der Waals surface area contributed by atoms with Gasteiger partial charge in [-0.25, -0.2) is 0 Å². The molecule has 0 aromatic heterocycles. The van der Waals surface area contributed by atoms with Crippen LogP contribution in [-0.2, 0) is 0 Å². The smallest absolute Gasteiger partial charge is 1.00 e. The van der Waals surface area contributed by atoms with Crippen molar-refractivity contribution in [1.82, 2.24) is 0 Å². The molecule has 0 spiro atoms. The zero-order valence-electron chi connectivity index (χ0n) is 9.88. The predicted molar refractivity (Wildman–Crippen MR) is 48.5 cm³/mol. The molecule has 0 amide bonds. The van der Waals surface area contributed by atoms with E-state index in [-0.39, 0.29) is 76.4 Å². The van der Waals surface area contributed by atoms with Gasteiger partial charge in [0.2, 0.25) is 0 Å². The molecule has 2 heteroatoms. The van der Waals surface area contributed by atoms with Crippen molar-refractivity contribution in [2.45, 2.75) is 46.1 Å². The fourth-order valence-electron chi connectivity index (χ4n) is 2.15. The summed E-state index contributed by atoms with van der Waals surface area (Å²) < 4.78 is 0. The molecule has 1 rings (SSSR count). The minimum atomic E-state index is -0.0289. The number of hydrogen-bond acceptors (Lipinski definition) is 1. The molecule has 3 unspecified atom stereocenters.